The molecule has 0 unspecified atom stereocenters. The Morgan fingerprint density at radius 3 is 2.71 bits per heavy atom. The summed E-state index contributed by atoms with van der Waals surface area (Å²) in [4.78, 5) is 3.90. The molecule has 2 nitrogen and oxygen atoms in total. The fourth-order valence-electron chi connectivity index (χ4n) is 1.34. The zero-order chi connectivity index (χ0) is 12.4. The topological polar surface area (TPSA) is 26.0 Å². The van der Waals surface area contributed by atoms with Crippen molar-refractivity contribution in [3.05, 3.63) is 40.9 Å². The van der Waals surface area contributed by atoms with E-state index in [1.165, 1.54) is 6.20 Å². The Morgan fingerprint density at radius 1 is 1.24 bits per heavy atom. The van der Waals surface area contributed by atoms with Crippen LogP contribution in [-0.4, -0.2) is 10.9 Å². The van der Waals surface area contributed by atoms with Gasteiger partial charge in [-0.15, -0.1) is 11.6 Å². The zero-order valence-electron chi connectivity index (χ0n) is 8.51. The van der Waals surface area contributed by atoms with E-state index in [9.17, 15) is 8.78 Å². The number of hydrogen-bond donors (Lipinski definition) is 0. The van der Waals surface area contributed by atoms with Crippen molar-refractivity contribution in [2.24, 2.45) is 0 Å². The minimum Gasteiger partial charge on any atom is -0.441 e. The van der Waals surface area contributed by atoms with E-state index < -0.39 is 11.6 Å². The van der Waals surface area contributed by atoms with Crippen molar-refractivity contribution in [2.75, 3.05) is 5.88 Å². The van der Waals surface area contributed by atoms with Crippen molar-refractivity contribution in [3.63, 3.8) is 0 Å². The molecule has 0 radical (unpaired) electrons. The second-order valence-corrected chi connectivity index (χ2v) is 4.09. The van der Waals surface area contributed by atoms with Crippen LogP contribution in [-0.2, 0) is 6.42 Å². The molecule has 0 spiro atoms. The quantitative estimate of drug-likeness (QED) is 0.625. The summed E-state index contributed by atoms with van der Waals surface area (Å²) in [6.07, 6.45) is 1.76. The standard InChI is InChI=1S/C11H7Cl2F2NO/c12-2-1-11-16-5-10(17-11)6-3-9(15)7(13)4-8(6)14/h3-5H,1-2H2. The molecule has 0 bridgehead atoms. The molecule has 0 saturated carbocycles. The van der Waals surface area contributed by atoms with E-state index in [0.29, 0.717) is 18.2 Å². The fraction of sp³-hybridized carbons (Fsp3) is 0.182. The van der Waals surface area contributed by atoms with Gasteiger partial charge in [-0.25, -0.2) is 13.8 Å². The molecule has 0 saturated heterocycles. The first-order valence-electron chi connectivity index (χ1n) is 4.77. The lowest BCUT2D eigenvalue weighted by Gasteiger charge is -2.00. The van der Waals surface area contributed by atoms with Gasteiger partial charge in [0, 0.05) is 12.3 Å². The molecule has 0 aliphatic rings. The summed E-state index contributed by atoms with van der Waals surface area (Å²) in [6, 6.07) is 1.87. The molecule has 2 aromatic rings. The van der Waals surface area contributed by atoms with Crippen LogP contribution in [0, 0.1) is 11.6 Å². The molecule has 0 aliphatic heterocycles. The summed E-state index contributed by atoms with van der Waals surface area (Å²) >= 11 is 11.0. The molecule has 2 rings (SSSR count). The molecule has 90 valence electrons. The Labute approximate surface area is 106 Å². The van der Waals surface area contributed by atoms with Crippen LogP contribution in [0.15, 0.2) is 22.7 Å². The number of hydrogen-bond acceptors (Lipinski definition) is 2. The van der Waals surface area contributed by atoms with E-state index in [1.54, 1.807) is 0 Å². The third-order valence-corrected chi connectivity index (χ3v) is 2.62. The van der Waals surface area contributed by atoms with Gasteiger partial charge in [0.05, 0.1) is 16.8 Å². The van der Waals surface area contributed by atoms with E-state index in [0.717, 1.165) is 12.1 Å². The van der Waals surface area contributed by atoms with Crippen molar-refractivity contribution in [1.82, 2.24) is 4.98 Å². The van der Waals surface area contributed by atoms with E-state index in [4.69, 9.17) is 27.6 Å². The third-order valence-electron chi connectivity index (χ3n) is 2.14. The van der Waals surface area contributed by atoms with Gasteiger partial charge in [0.15, 0.2) is 11.7 Å². The van der Waals surface area contributed by atoms with Gasteiger partial charge in [0.1, 0.15) is 11.6 Å². The number of nitrogens with zero attached hydrogens (tertiary/aromatic N) is 1. The Bertz CT molecular complexity index is 542. The fourth-order valence-corrected chi connectivity index (χ4v) is 1.65. The molecule has 6 heteroatoms. The number of aromatic nitrogens is 1. The number of oxazole rings is 1. The summed E-state index contributed by atoms with van der Waals surface area (Å²) < 4.78 is 32.0. The molecular weight excluding hydrogens is 271 g/mol. The number of rotatable bonds is 3. The molecule has 1 heterocycles. The Balaban J connectivity index is 2.41. The highest BCUT2D eigenvalue weighted by Crippen LogP contribution is 2.28. The first-order valence-corrected chi connectivity index (χ1v) is 5.68. The molecule has 0 aliphatic carbocycles. The van der Waals surface area contributed by atoms with Crippen LogP contribution < -0.4 is 0 Å². The van der Waals surface area contributed by atoms with Gasteiger partial charge in [0.25, 0.3) is 0 Å². The lowest BCUT2D eigenvalue weighted by atomic mass is 10.1. The molecule has 0 amide bonds. The number of halogens is 4. The minimum absolute atomic E-state index is 0.0137. The second-order valence-electron chi connectivity index (χ2n) is 3.30. The maximum atomic E-state index is 13.5. The molecule has 17 heavy (non-hydrogen) atoms. The Hall–Kier alpha value is -1.13. The van der Waals surface area contributed by atoms with Gasteiger partial charge in [0.2, 0.25) is 0 Å². The normalized spacial score (nSPS) is 10.8. The maximum absolute atomic E-state index is 13.5. The first-order chi connectivity index (χ1) is 8.11. The number of aryl methyl sites for hydroxylation is 1. The largest absolute Gasteiger partial charge is 0.441 e. The van der Waals surface area contributed by atoms with Gasteiger partial charge in [-0.2, -0.15) is 0 Å². The van der Waals surface area contributed by atoms with Gasteiger partial charge >= 0.3 is 0 Å². The SMILES string of the molecule is Fc1cc(-c2cnc(CCCl)o2)c(F)cc1Cl. The summed E-state index contributed by atoms with van der Waals surface area (Å²) in [7, 11) is 0. The van der Waals surface area contributed by atoms with Crippen LogP contribution >= 0.6 is 23.2 Å². The highest BCUT2D eigenvalue weighted by atomic mass is 35.5. The molecule has 0 atom stereocenters. The number of benzene rings is 1. The van der Waals surface area contributed by atoms with Gasteiger partial charge in [-0.05, 0) is 12.1 Å². The van der Waals surface area contributed by atoms with Crippen LogP contribution in [0.25, 0.3) is 11.3 Å². The van der Waals surface area contributed by atoms with Crippen molar-refractivity contribution in [3.8, 4) is 11.3 Å². The molecule has 1 aromatic heterocycles. The predicted octanol–water partition coefficient (Wildman–Crippen LogP) is 4.05. The smallest absolute Gasteiger partial charge is 0.196 e. The Kier molecular flexibility index (Phi) is 3.64. The van der Waals surface area contributed by atoms with E-state index in [2.05, 4.69) is 4.98 Å². The summed E-state index contributed by atoms with van der Waals surface area (Å²) in [6.45, 7) is 0. The summed E-state index contributed by atoms with van der Waals surface area (Å²) in [5.41, 5.74) is -0.0137. The molecule has 0 N–H and O–H groups in total. The van der Waals surface area contributed by atoms with Crippen molar-refractivity contribution in [2.45, 2.75) is 6.42 Å². The van der Waals surface area contributed by atoms with Crippen LogP contribution in [0.1, 0.15) is 5.89 Å². The van der Waals surface area contributed by atoms with Crippen molar-refractivity contribution >= 4 is 23.2 Å². The highest BCUT2D eigenvalue weighted by molar-refractivity contribution is 6.30. The van der Waals surface area contributed by atoms with Crippen LogP contribution in [0.2, 0.25) is 5.02 Å². The summed E-state index contributed by atoms with van der Waals surface area (Å²) in [5.74, 6) is -0.497. The zero-order valence-corrected chi connectivity index (χ0v) is 10.0. The van der Waals surface area contributed by atoms with Crippen molar-refractivity contribution in [1.29, 1.82) is 0 Å². The van der Waals surface area contributed by atoms with E-state index >= 15 is 0 Å². The van der Waals surface area contributed by atoms with Gasteiger partial charge < -0.3 is 4.42 Å². The maximum Gasteiger partial charge on any atom is 0.196 e. The monoisotopic (exact) mass is 277 g/mol. The van der Waals surface area contributed by atoms with Gasteiger partial charge in [-0.3, -0.25) is 0 Å². The summed E-state index contributed by atoms with van der Waals surface area (Å²) in [5, 5.41) is -0.272. The molecule has 1 aromatic carbocycles. The number of alkyl halides is 1. The second kappa shape index (κ2) is 5.02. The predicted molar refractivity (Wildman–Crippen MR) is 61.3 cm³/mol. The lowest BCUT2D eigenvalue weighted by molar-refractivity contribution is 0.509. The minimum atomic E-state index is -0.710. The van der Waals surface area contributed by atoms with E-state index in [-0.39, 0.29) is 16.3 Å². The average molecular weight is 278 g/mol. The lowest BCUT2D eigenvalue weighted by Crippen LogP contribution is -1.87. The van der Waals surface area contributed by atoms with E-state index in [1.807, 2.05) is 0 Å². The Morgan fingerprint density at radius 2 is 2.00 bits per heavy atom. The van der Waals surface area contributed by atoms with Crippen LogP contribution in [0.5, 0.6) is 0 Å². The third kappa shape index (κ3) is 2.58. The first kappa shape index (κ1) is 12.3. The molecular formula is C11H7Cl2F2NO. The highest BCUT2D eigenvalue weighted by Gasteiger charge is 2.14. The van der Waals surface area contributed by atoms with Crippen molar-refractivity contribution < 1.29 is 13.2 Å². The van der Waals surface area contributed by atoms with Crippen LogP contribution in [0.3, 0.4) is 0 Å². The van der Waals surface area contributed by atoms with Crippen LogP contribution in [0.4, 0.5) is 8.78 Å². The molecule has 0 fully saturated rings. The van der Waals surface area contributed by atoms with Gasteiger partial charge in [-0.1, -0.05) is 11.6 Å². The average Bonchev–Trinajstić information content (AvgIpc) is 2.72.